The first-order valence-corrected chi connectivity index (χ1v) is 16.4. The number of hydrogen-bond donors (Lipinski definition) is 1. The quantitative estimate of drug-likeness (QED) is 0.187. The van der Waals surface area contributed by atoms with E-state index in [1.807, 2.05) is 80.6 Å². The van der Waals surface area contributed by atoms with Gasteiger partial charge in [-0.15, -0.1) is 0 Å². The fourth-order valence-electron chi connectivity index (χ4n) is 4.71. The molecule has 1 N–H and O–H groups in total. The number of nitrogens with one attached hydrogen (secondary N) is 1. The lowest BCUT2D eigenvalue weighted by molar-refractivity contribution is -0.140. The zero-order chi connectivity index (χ0) is 30.8. The van der Waals surface area contributed by atoms with Gasteiger partial charge in [0.1, 0.15) is 12.6 Å². The Hall–Kier alpha value is -3.95. The summed E-state index contributed by atoms with van der Waals surface area (Å²) in [5.41, 5.74) is 3.01. The maximum Gasteiger partial charge on any atom is 0.264 e. The maximum absolute atomic E-state index is 14.4. The second-order valence-electron chi connectivity index (χ2n) is 10.3. The molecule has 0 bridgehead atoms. The third-order valence-electron chi connectivity index (χ3n) is 6.99. The molecule has 0 spiro atoms. The number of halogens is 1. The highest BCUT2D eigenvalue weighted by Crippen LogP contribution is 2.25. The Balaban J connectivity index is 1.78. The van der Waals surface area contributed by atoms with E-state index in [9.17, 15) is 18.0 Å². The highest BCUT2D eigenvalue weighted by atomic mass is 79.9. The van der Waals surface area contributed by atoms with Gasteiger partial charge in [0.15, 0.2) is 0 Å². The molecule has 4 rings (SSSR count). The fourth-order valence-corrected chi connectivity index (χ4v) is 6.59. The minimum Gasteiger partial charge on any atom is -0.354 e. The van der Waals surface area contributed by atoms with Gasteiger partial charge in [-0.05, 0) is 60.9 Å². The standard InChI is InChI=1S/C34H36BrN3O4S/c1-3-21-36-34(40)32(23-27-11-6-4-7-12-27)37(24-28-13-10-14-29(35)22-28)33(39)25-38(30-19-17-26(2)18-20-30)43(41,42)31-15-8-5-9-16-31/h4-20,22,32H,3,21,23-25H2,1-2H3,(H,36,40). The lowest BCUT2D eigenvalue weighted by atomic mass is 10.0. The van der Waals surface area contributed by atoms with Gasteiger partial charge in [-0.1, -0.05) is 101 Å². The van der Waals surface area contributed by atoms with Crippen molar-refractivity contribution in [2.75, 3.05) is 17.4 Å². The van der Waals surface area contributed by atoms with Gasteiger partial charge in [0.25, 0.3) is 10.0 Å². The number of anilines is 1. The number of carbonyl (C=O) groups is 2. The Labute approximate surface area is 262 Å². The van der Waals surface area contributed by atoms with Crippen molar-refractivity contribution >= 4 is 43.5 Å². The molecule has 0 saturated carbocycles. The summed E-state index contributed by atoms with van der Waals surface area (Å²) in [6, 6.07) is 31.2. The van der Waals surface area contributed by atoms with Crippen LogP contribution in [-0.2, 0) is 32.6 Å². The third kappa shape index (κ3) is 8.55. The lowest BCUT2D eigenvalue weighted by Gasteiger charge is -2.34. The summed E-state index contributed by atoms with van der Waals surface area (Å²) >= 11 is 3.50. The van der Waals surface area contributed by atoms with E-state index in [-0.39, 0.29) is 23.8 Å². The van der Waals surface area contributed by atoms with Gasteiger partial charge in [-0.3, -0.25) is 13.9 Å². The molecule has 0 fully saturated rings. The van der Waals surface area contributed by atoms with Crippen molar-refractivity contribution in [3.8, 4) is 0 Å². The molecular formula is C34H36BrN3O4S. The molecule has 4 aromatic carbocycles. The van der Waals surface area contributed by atoms with Gasteiger partial charge in [0, 0.05) is 24.0 Å². The largest absolute Gasteiger partial charge is 0.354 e. The second kappa shape index (κ2) is 15.0. The smallest absolute Gasteiger partial charge is 0.264 e. The molecule has 0 aliphatic rings. The Kier molecular flexibility index (Phi) is 11.1. The molecule has 0 heterocycles. The minimum absolute atomic E-state index is 0.0726. The Morgan fingerprint density at radius 2 is 1.47 bits per heavy atom. The van der Waals surface area contributed by atoms with E-state index in [4.69, 9.17) is 0 Å². The van der Waals surface area contributed by atoms with Crippen molar-refractivity contribution < 1.29 is 18.0 Å². The van der Waals surface area contributed by atoms with Crippen LogP contribution in [0.5, 0.6) is 0 Å². The first kappa shape index (κ1) is 32.0. The summed E-state index contributed by atoms with van der Waals surface area (Å²) in [5, 5.41) is 2.96. The molecule has 1 unspecified atom stereocenters. The molecule has 0 aromatic heterocycles. The van der Waals surface area contributed by atoms with Crippen LogP contribution in [0.15, 0.2) is 119 Å². The number of rotatable bonds is 13. The van der Waals surface area contributed by atoms with Crippen LogP contribution in [0.2, 0.25) is 0 Å². The van der Waals surface area contributed by atoms with Crippen LogP contribution < -0.4 is 9.62 Å². The Bertz CT molecular complexity index is 1610. The monoisotopic (exact) mass is 661 g/mol. The average molecular weight is 663 g/mol. The van der Waals surface area contributed by atoms with E-state index < -0.39 is 28.5 Å². The van der Waals surface area contributed by atoms with E-state index in [1.54, 1.807) is 30.3 Å². The molecule has 7 nitrogen and oxygen atoms in total. The first-order valence-electron chi connectivity index (χ1n) is 14.2. The normalized spacial score (nSPS) is 11.9. The van der Waals surface area contributed by atoms with Gasteiger partial charge in [-0.2, -0.15) is 0 Å². The molecule has 0 saturated heterocycles. The number of aryl methyl sites for hydroxylation is 1. The molecule has 0 aliphatic carbocycles. The molecule has 0 aliphatic heterocycles. The summed E-state index contributed by atoms with van der Waals surface area (Å²) < 4.78 is 29.9. The Morgan fingerprint density at radius 3 is 2.09 bits per heavy atom. The number of sulfonamides is 1. The summed E-state index contributed by atoms with van der Waals surface area (Å²) in [6.07, 6.45) is 1.01. The maximum atomic E-state index is 14.4. The number of nitrogens with zero attached hydrogens (tertiary/aromatic N) is 2. The van der Waals surface area contributed by atoms with Gasteiger partial charge < -0.3 is 10.2 Å². The van der Waals surface area contributed by atoms with E-state index >= 15 is 0 Å². The molecule has 43 heavy (non-hydrogen) atoms. The molecular weight excluding hydrogens is 626 g/mol. The minimum atomic E-state index is -4.12. The third-order valence-corrected chi connectivity index (χ3v) is 9.28. The van der Waals surface area contributed by atoms with Crippen LogP contribution >= 0.6 is 15.9 Å². The van der Waals surface area contributed by atoms with Crippen molar-refractivity contribution in [2.24, 2.45) is 0 Å². The molecule has 224 valence electrons. The van der Waals surface area contributed by atoms with Crippen LogP contribution in [0.25, 0.3) is 0 Å². The highest BCUT2D eigenvalue weighted by molar-refractivity contribution is 9.10. The topological polar surface area (TPSA) is 86.8 Å². The van der Waals surface area contributed by atoms with Gasteiger partial charge in [-0.25, -0.2) is 8.42 Å². The summed E-state index contributed by atoms with van der Waals surface area (Å²) in [5.74, 6) is -0.783. The van der Waals surface area contributed by atoms with E-state index in [2.05, 4.69) is 21.2 Å². The number of carbonyl (C=O) groups excluding carboxylic acids is 2. The predicted molar refractivity (Wildman–Crippen MR) is 174 cm³/mol. The second-order valence-corrected chi connectivity index (χ2v) is 13.1. The van der Waals surface area contributed by atoms with Crippen molar-refractivity contribution in [3.63, 3.8) is 0 Å². The molecule has 0 radical (unpaired) electrons. The van der Waals surface area contributed by atoms with Crippen molar-refractivity contribution in [3.05, 3.63) is 130 Å². The Morgan fingerprint density at radius 1 is 0.837 bits per heavy atom. The number of benzene rings is 4. The van der Waals surface area contributed by atoms with Crippen LogP contribution in [0.1, 0.15) is 30.0 Å². The van der Waals surface area contributed by atoms with Crippen molar-refractivity contribution in [2.45, 2.75) is 44.2 Å². The highest BCUT2D eigenvalue weighted by Gasteiger charge is 2.34. The first-order chi connectivity index (χ1) is 20.7. The van der Waals surface area contributed by atoms with Crippen molar-refractivity contribution in [1.82, 2.24) is 10.2 Å². The zero-order valence-electron chi connectivity index (χ0n) is 24.3. The van der Waals surface area contributed by atoms with Gasteiger partial charge in [0.05, 0.1) is 10.6 Å². The molecule has 9 heteroatoms. The summed E-state index contributed by atoms with van der Waals surface area (Å²) in [6.45, 7) is 3.96. The fraction of sp³-hybridized carbons (Fsp3) is 0.235. The van der Waals surface area contributed by atoms with Gasteiger partial charge in [0.2, 0.25) is 11.8 Å². The lowest BCUT2D eigenvalue weighted by Crippen LogP contribution is -2.53. The zero-order valence-corrected chi connectivity index (χ0v) is 26.7. The van der Waals surface area contributed by atoms with Crippen LogP contribution in [0.3, 0.4) is 0 Å². The molecule has 2 amide bonds. The van der Waals surface area contributed by atoms with E-state index in [0.29, 0.717) is 12.2 Å². The van der Waals surface area contributed by atoms with Crippen molar-refractivity contribution in [1.29, 1.82) is 0 Å². The van der Waals surface area contributed by atoms with Crippen LogP contribution in [0.4, 0.5) is 5.69 Å². The molecule has 1 atom stereocenters. The average Bonchev–Trinajstić information content (AvgIpc) is 3.01. The molecule has 4 aromatic rings. The van der Waals surface area contributed by atoms with E-state index in [0.717, 1.165) is 31.9 Å². The van der Waals surface area contributed by atoms with Crippen LogP contribution in [0, 0.1) is 6.92 Å². The van der Waals surface area contributed by atoms with E-state index in [1.165, 1.54) is 17.0 Å². The summed E-state index contributed by atoms with van der Waals surface area (Å²) in [7, 11) is -4.12. The number of hydrogen-bond acceptors (Lipinski definition) is 4. The summed E-state index contributed by atoms with van der Waals surface area (Å²) in [4.78, 5) is 29.6. The SMILES string of the molecule is CCCNC(=O)C(Cc1ccccc1)N(Cc1cccc(Br)c1)C(=O)CN(c1ccc(C)cc1)S(=O)(=O)c1ccccc1. The van der Waals surface area contributed by atoms with Crippen LogP contribution in [-0.4, -0.2) is 44.3 Å². The number of amides is 2. The van der Waals surface area contributed by atoms with Gasteiger partial charge >= 0.3 is 0 Å². The predicted octanol–water partition coefficient (Wildman–Crippen LogP) is 6.12.